The molecule has 0 aromatic carbocycles. The molecule has 5 nitrogen and oxygen atoms in total. The third-order valence-electron chi connectivity index (χ3n) is 2.26. The number of rotatable bonds is 7. The van der Waals surface area contributed by atoms with Gasteiger partial charge in [0.15, 0.2) is 0 Å². The van der Waals surface area contributed by atoms with Gasteiger partial charge in [-0.05, 0) is 25.4 Å². The molecular weight excluding hydrogens is 226 g/mol. The van der Waals surface area contributed by atoms with Crippen LogP contribution in [-0.4, -0.2) is 38.2 Å². The predicted octanol–water partition coefficient (Wildman–Crippen LogP) is 1.31. The topological polar surface area (TPSA) is 61.7 Å². The number of pyridine rings is 1. The fourth-order valence-corrected chi connectivity index (χ4v) is 1.38. The Balaban J connectivity index is 3.00. The zero-order valence-electron chi connectivity index (χ0n) is 10.8. The lowest BCUT2D eigenvalue weighted by Crippen LogP contribution is -2.13. The lowest BCUT2D eigenvalue weighted by Gasteiger charge is -2.06. The molecule has 1 aromatic heterocycles. The van der Waals surface area contributed by atoms with E-state index < -0.39 is 0 Å². The van der Waals surface area contributed by atoms with Crippen LogP contribution in [0.1, 0.15) is 12.6 Å². The average molecular weight is 245 g/mol. The average Bonchev–Trinajstić information content (AvgIpc) is 2.43. The van der Waals surface area contributed by atoms with Gasteiger partial charge in [0.2, 0.25) is 0 Å². The number of nitrogens with one attached hydrogen (secondary N) is 2. The Hall–Kier alpha value is -2.01. The molecule has 0 saturated heterocycles. The highest BCUT2D eigenvalue weighted by atomic mass is 15.0. The molecule has 96 valence electrons. The second kappa shape index (κ2) is 8.14. The van der Waals surface area contributed by atoms with Crippen molar-refractivity contribution in [3.63, 3.8) is 0 Å². The quantitative estimate of drug-likeness (QED) is 0.562. The monoisotopic (exact) mass is 245 g/mol. The largest absolute Gasteiger partial charge is 0.373 e. The SMILES string of the molecule is C=N/C(NC)=C(\C=N/CNCC)c1ccccn1. The van der Waals surface area contributed by atoms with E-state index in [2.05, 4.69) is 32.3 Å². The molecule has 1 aromatic rings. The van der Waals surface area contributed by atoms with Crippen LogP contribution in [0.5, 0.6) is 0 Å². The summed E-state index contributed by atoms with van der Waals surface area (Å²) < 4.78 is 0. The van der Waals surface area contributed by atoms with Crippen molar-refractivity contribution in [3.05, 3.63) is 35.9 Å². The zero-order valence-corrected chi connectivity index (χ0v) is 10.8. The van der Waals surface area contributed by atoms with Crippen LogP contribution in [0.15, 0.2) is 40.2 Å². The molecule has 0 atom stereocenters. The van der Waals surface area contributed by atoms with Gasteiger partial charge in [-0.3, -0.25) is 15.3 Å². The first-order valence-electron chi connectivity index (χ1n) is 5.84. The van der Waals surface area contributed by atoms with E-state index in [4.69, 9.17) is 0 Å². The summed E-state index contributed by atoms with van der Waals surface area (Å²) in [6.07, 6.45) is 3.50. The zero-order chi connectivity index (χ0) is 13.2. The molecule has 0 amide bonds. The van der Waals surface area contributed by atoms with Crippen molar-refractivity contribution in [2.75, 3.05) is 20.3 Å². The molecule has 0 aliphatic rings. The molecule has 0 aliphatic carbocycles. The molecule has 5 heteroatoms. The van der Waals surface area contributed by atoms with Gasteiger partial charge < -0.3 is 5.32 Å². The summed E-state index contributed by atoms with van der Waals surface area (Å²) in [7, 11) is 1.80. The lowest BCUT2D eigenvalue weighted by atomic mass is 10.2. The van der Waals surface area contributed by atoms with Gasteiger partial charge in [-0.2, -0.15) is 0 Å². The van der Waals surface area contributed by atoms with Crippen molar-refractivity contribution < 1.29 is 0 Å². The highest BCUT2D eigenvalue weighted by Gasteiger charge is 2.05. The fraction of sp³-hybridized carbons (Fsp3) is 0.308. The normalized spacial score (nSPS) is 12.3. The Bertz CT molecular complexity index is 422. The van der Waals surface area contributed by atoms with E-state index >= 15 is 0 Å². The molecule has 1 heterocycles. The van der Waals surface area contributed by atoms with E-state index in [0.29, 0.717) is 12.5 Å². The minimum absolute atomic E-state index is 0.570. The van der Waals surface area contributed by atoms with Gasteiger partial charge in [0.1, 0.15) is 5.82 Å². The van der Waals surface area contributed by atoms with Gasteiger partial charge in [0, 0.05) is 19.5 Å². The molecule has 2 N–H and O–H groups in total. The molecule has 0 saturated carbocycles. The number of aliphatic imine (C=N–C) groups is 2. The molecule has 18 heavy (non-hydrogen) atoms. The van der Waals surface area contributed by atoms with Crippen LogP contribution in [0.25, 0.3) is 5.57 Å². The standard InChI is InChI=1S/C13H19N5/c1-4-16-10-17-9-11(13(14-2)15-3)12-7-5-6-8-18-12/h5-9,15-16H,2,4,10H2,1,3H3/b13-11-,17-9-. The van der Waals surface area contributed by atoms with Crippen molar-refractivity contribution >= 4 is 18.5 Å². The van der Waals surface area contributed by atoms with Crippen molar-refractivity contribution in [1.29, 1.82) is 0 Å². The number of hydrogen-bond donors (Lipinski definition) is 2. The number of aromatic nitrogens is 1. The molecule has 0 radical (unpaired) electrons. The molecule has 0 unspecified atom stereocenters. The van der Waals surface area contributed by atoms with Crippen LogP contribution >= 0.6 is 0 Å². The number of nitrogens with zero attached hydrogens (tertiary/aromatic N) is 3. The van der Waals surface area contributed by atoms with Crippen LogP contribution in [0.2, 0.25) is 0 Å². The smallest absolute Gasteiger partial charge is 0.135 e. The van der Waals surface area contributed by atoms with Crippen LogP contribution < -0.4 is 10.6 Å². The molecular formula is C13H19N5. The van der Waals surface area contributed by atoms with E-state index in [1.165, 1.54) is 0 Å². The maximum Gasteiger partial charge on any atom is 0.135 e. The minimum Gasteiger partial charge on any atom is -0.373 e. The summed E-state index contributed by atoms with van der Waals surface area (Å²) in [5.74, 6) is 0.661. The first kappa shape index (κ1) is 14.1. The summed E-state index contributed by atoms with van der Waals surface area (Å²) in [6.45, 7) is 7.04. The van der Waals surface area contributed by atoms with Crippen LogP contribution in [0.3, 0.4) is 0 Å². The molecule has 0 aliphatic heterocycles. The third-order valence-corrected chi connectivity index (χ3v) is 2.26. The summed E-state index contributed by atoms with van der Waals surface area (Å²) >= 11 is 0. The van der Waals surface area contributed by atoms with Crippen molar-refractivity contribution in [3.8, 4) is 0 Å². The van der Waals surface area contributed by atoms with Crippen LogP contribution in [0.4, 0.5) is 0 Å². The second-order valence-electron chi connectivity index (χ2n) is 3.46. The van der Waals surface area contributed by atoms with E-state index in [0.717, 1.165) is 17.8 Å². The van der Waals surface area contributed by atoms with Crippen molar-refractivity contribution in [1.82, 2.24) is 15.6 Å². The van der Waals surface area contributed by atoms with E-state index in [-0.39, 0.29) is 0 Å². The van der Waals surface area contributed by atoms with Crippen molar-refractivity contribution in [2.24, 2.45) is 9.98 Å². The first-order valence-corrected chi connectivity index (χ1v) is 5.84. The maximum absolute atomic E-state index is 4.30. The number of hydrogen-bond acceptors (Lipinski definition) is 5. The van der Waals surface area contributed by atoms with Gasteiger partial charge in [-0.1, -0.05) is 13.0 Å². The molecule has 1 rings (SSSR count). The maximum atomic E-state index is 4.30. The van der Waals surface area contributed by atoms with E-state index in [1.54, 1.807) is 19.5 Å². The molecule has 0 spiro atoms. The third kappa shape index (κ3) is 4.10. The summed E-state index contributed by atoms with van der Waals surface area (Å²) in [5, 5.41) is 6.11. The Morgan fingerprint density at radius 3 is 2.89 bits per heavy atom. The van der Waals surface area contributed by atoms with Gasteiger partial charge in [-0.15, -0.1) is 0 Å². The van der Waals surface area contributed by atoms with Gasteiger partial charge in [-0.25, -0.2) is 4.99 Å². The Kier molecular flexibility index (Phi) is 6.35. The molecule has 0 fully saturated rings. The minimum atomic E-state index is 0.570. The van der Waals surface area contributed by atoms with Gasteiger partial charge in [0.25, 0.3) is 0 Å². The van der Waals surface area contributed by atoms with Crippen LogP contribution in [0, 0.1) is 0 Å². The van der Waals surface area contributed by atoms with E-state index in [9.17, 15) is 0 Å². The predicted molar refractivity (Wildman–Crippen MR) is 76.8 cm³/mol. The summed E-state index contributed by atoms with van der Waals surface area (Å²) in [4.78, 5) is 12.5. The van der Waals surface area contributed by atoms with Gasteiger partial charge >= 0.3 is 0 Å². The van der Waals surface area contributed by atoms with Gasteiger partial charge in [0.05, 0.1) is 17.9 Å². The number of allylic oxidation sites excluding steroid dienone is 1. The summed E-state index contributed by atoms with van der Waals surface area (Å²) in [6, 6.07) is 5.71. The Labute approximate surface area is 108 Å². The second-order valence-corrected chi connectivity index (χ2v) is 3.46. The molecule has 0 bridgehead atoms. The highest BCUT2D eigenvalue weighted by Crippen LogP contribution is 2.13. The Morgan fingerprint density at radius 2 is 2.33 bits per heavy atom. The summed E-state index contributed by atoms with van der Waals surface area (Å²) in [5.41, 5.74) is 1.64. The lowest BCUT2D eigenvalue weighted by molar-refractivity contribution is 0.746. The first-order chi connectivity index (χ1) is 8.83. The highest BCUT2D eigenvalue weighted by molar-refractivity contribution is 6.10. The van der Waals surface area contributed by atoms with Crippen LogP contribution in [-0.2, 0) is 0 Å². The van der Waals surface area contributed by atoms with Crippen molar-refractivity contribution in [2.45, 2.75) is 6.92 Å². The Morgan fingerprint density at radius 1 is 1.50 bits per heavy atom. The van der Waals surface area contributed by atoms with E-state index in [1.807, 2.05) is 25.1 Å². The fourth-order valence-electron chi connectivity index (χ4n) is 1.38.